The van der Waals surface area contributed by atoms with Crippen LogP contribution in [0.15, 0.2) is 42.5 Å². The molecule has 0 bridgehead atoms. The summed E-state index contributed by atoms with van der Waals surface area (Å²) in [6.07, 6.45) is 7.56. The van der Waals surface area contributed by atoms with Gasteiger partial charge in [0.15, 0.2) is 0 Å². The van der Waals surface area contributed by atoms with Crippen LogP contribution in [-0.4, -0.2) is 36.0 Å². The molecule has 1 amide bonds. The molecule has 4 nitrogen and oxygen atoms in total. The van der Waals surface area contributed by atoms with E-state index in [4.69, 9.17) is 9.72 Å². The number of hydrogen-bond donors (Lipinski definition) is 0. The van der Waals surface area contributed by atoms with Crippen LogP contribution < -0.4 is 4.74 Å². The van der Waals surface area contributed by atoms with Gasteiger partial charge in [-0.2, -0.15) is 0 Å². The van der Waals surface area contributed by atoms with E-state index in [0.29, 0.717) is 11.8 Å². The fraction of sp³-hybridized carbons (Fsp3) is 0.500. The predicted molar refractivity (Wildman–Crippen MR) is 111 cm³/mol. The summed E-state index contributed by atoms with van der Waals surface area (Å²) in [4.78, 5) is 19.9. The Bertz CT molecular complexity index is 814. The van der Waals surface area contributed by atoms with Crippen molar-refractivity contribution in [1.29, 1.82) is 0 Å². The lowest BCUT2D eigenvalue weighted by molar-refractivity contribution is -0.136. The molecule has 0 radical (unpaired) electrons. The highest BCUT2D eigenvalue weighted by Gasteiger charge is 2.31. The van der Waals surface area contributed by atoms with Crippen molar-refractivity contribution in [3.05, 3.63) is 59.4 Å². The molecule has 148 valence electrons. The second-order valence-electron chi connectivity index (χ2n) is 8.19. The van der Waals surface area contributed by atoms with Crippen LogP contribution in [0, 0.1) is 5.92 Å². The van der Waals surface area contributed by atoms with Crippen molar-refractivity contribution in [2.24, 2.45) is 5.92 Å². The first kappa shape index (κ1) is 19.0. The number of methoxy groups -OCH3 is 1. The minimum Gasteiger partial charge on any atom is -0.497 e. The third kappa shape index (κ3) is 4.37. The van der Waals surface area contributed by atoms with Crippen molar-refractivity contribution in [3.8, 4) is 5.75 Å². The Labute approximate surface area is 167 Å². The molecule has 2 heterocycles. The molecular formula is C24H30N2O2. The van der Waals surface area contributed by atoms with Crippen molar-refractivity contribution in [2.75, 3.05) is 20.2 Å². The second-order valence-corrected chi connectivity index (χ2v) is 8.19. The van der Waals surface area contributed by atoms with Gasteiger partial charge in [0.1, 0.15) is 5.75 Å². The molecule has 2 fully saturated rings. The van der Waals surface area contributed by atoms with Crippen LogP contribution in [0.1, 0.15) is 61.4 Å². The molecule has 4 rings (SSSR count). The van der Waals surface area contributed by atoms with E-state index in [1.54, 1.807) is 7.11 Å². The van der Waals surface area contributed by atoms with E-state index in [1.165, 1.54) is 18.4 Å². The number of nitrogens with zero attached hydrogens (tertiary/aromatic N) is 2. The van der Waals surface area contributed by atoms with Gasteiger partial charge in [0.05, 0.1) is 7.11 Å². The molecule has 1 aromatic heterocycles. The first-order valence-corrected chi connectivity index (χ1v) is 10.6. The molecular weight excluding hydrogens is 348 g/mol. The molecule has 1 aliphatic carbocycles. The Kier molecular flexibility index (Phi) is 5.94. The van der Waals surface area contributed by atoms with Gasteiger partial charge in [-0.1, -0.05) is 31.0 Å². The first-order chi connectivity index (χ1) is 13.7. The number of likely N-dealkylation sites (tertiary alicyclic amines) is 1. The molecule has 0 unspecified atom stereocenters. The van der Waals surface area contributed by atoms with Gasteiger partial charge in [0, 0.05) is 42.7 Å². The Morgan fingerprint density at radius 2 is 1.93 bits per heavy atom. The minimum atomic E-state index is 0.270. The summed E-state index contributed by atoms with van der Waals surface area (Å²) >= 11 is 0. The van der Waals surface area contributed by atoms with Gasteiger partial charge in [-0.15, -0.1) is 0 Å². The topological polar surface area (TPSA) is 42.4 Å². The zero-order valence-corrected chi connectivity index (χ0v) is 16.8. The Hall–Kier alpha value is -2.36. The second kappa shape index (κ2) is 8.76. The van der Waals surface area contributed by atoms with E-state index in [-0.39, 0.29) is 5.92 Å². The van der Waals surface area contributed by atoms with E-state index in [9.17, 15) is 4.79 Å². The largest absolute Gasteiger partial charge is 0.497 e. The lowest BCUT2D eigenvalue weighted by Gasteiger charge is -2.34. The lowest BCUT2D eigenvalue weighted by Crippen LogP contribution is -2.42. The predicted octanol–water partition coefficient (Wildman–Crippen LogP) is 4.58. The zero-order valence-electron chi connectivity index (χ0n) is 16.8. The van der Waals surface area contributed by atoms with Crippen LogP contribution in [-0.2, 0) is 11.2 Å². The molecule has 1 saturated carbocycles. The quantitative estimate of drug-likeness (QED) is 0.765. The van der Waals surface area contributed by atoms with Gasteiger partial charge in [0.25, 0.3) is 0 Å². The number of aromatic nitrogens is 1. The molecule has 1 aliphatic heterocycles. The number of ether oxygens (including phenoxy) is 1. The summed E-state index contributed by atoms with van der Waals surface area (Å²) in [5.41, 5.74) is 3.40. The van der Waals surface area contributed by atoms with Crippen molar-refractivity contribution in [3.63, 3.8) is 0 Å². The maximum atomic E-state index is 12.8. The first-order valence-electron chi connectivity index (χ1n) is 10.6. The fourth-order valence-electron chi connectivity index (χ4n) is 4.67. The third-order valence-corrected chi connectivity index (χ3v) is 6.20. The van der Waals surface area contributed by atoms with Crippen LogP contribution in [0.25, 0.3) is 0 Å². The lowest BCUT2D eigenvalue weighted by atomic mass is 9.92. The number of rotatable bonds is 5. The molecule has 1 atom stereocenters. The monoisotopic (exact) mass is 378 g/mol. The van der Waals surface area contributed by atoms with E-state index in [0.717, 1.165) is 62.3 Å². The Balaban J connectivity index is 1.45. The number of amides is 1. The molecule has 4 heteroatoms. The number of hydrogen-bond acceptors (Lipinski definition) is 3. The number of benzene rings is 1. The maximum absolute atomic E-state index is 12.8. The maximum Gasteiger partial charge on any atom is 0.225 e. The summed E-state index contributed by atoms with van der Waals surface area (Å²) in [5, 5.41) is 0. The summed E-state index contributed by atoms with van der Waals surface area (Å²) in [6, 6.07) is 14.5. The number of carbonyl (C=O) groups is 1. The van der Waals surface area contributed by atoms with E-state index >= 15 is 0 Å². The summed E-state index contributed by atoms with van der Waals surface area (Å²) in [5.74, 6) is 1.88. The smallest absolute Gasteiger partial charge is 0.225 e. The van der Waals surface area contributed by atoms with Crippen molar-refractivity contribution < 1.29 is 9.53 Å². The molecule has 2 aromatic rings. The van der Waals surface area contributed by atoms with Crippen LogP contribution in [0.2, 0.25) is 0 Å². The van der Waals surface area contributed by atoms with Crippen molar-refractivity contribution in [1.82, 2.24) is 9.88 Å². The fourth-order valence-corrected chi connectivity index (χ4v) is 4.67. The zero-order chi connectivity index (χ0) is 19.3. The highest BCUT2D eigenvalue weighted by Crippen LogP contribution is 2.31. The standard InChI is InChI=1S/C24H30N2O2/c1-28-22-12-4-7-18(16-22)15-21-11-5-13-23(25-21)20-10-6-14-26(17-20)24(27)19-8-2-3-9-19/h4-5,7,11-13,16,19-20H,2-3,6,8-10,14-15,17H2,1H3/t20-/m1/s1. The van der Waals surface area contributed by atoms with Crippen LogP contribution >= 0.6 is 0 Å². The van der Waals surface area contributed by atoms with Gasteiger partial charge in [-0.05, 0) is 55.5 Å². The Morgan fingerprint density at radius 1 is 1.11 bits per heavy atom. The van der Waals surface area contributed by atoms with E-state index < -0.39 is 0 Å². The molecule has 2 aliphatic rings. The summed E-state index contributed by atoms with van der Waals surface area (Å²) < 4.78 is 5.33. The van der Waals surface area contributed by atoms with Crippen LogP contribution in [0.5, 0.6) is 5.75 Å². The summed E-state index contributed by atoms with van der Waals surface area (Å²) in [6.45, 7) is 1.74. The van der Waals surface area contributed by atoms with Crippen molar-refractivity contribution >= 4 is 5.91 Å². The molecule has 0 spiro atoms. The molecule has 1 aromatic carbocycles. The minimum absolute atomic E-state index is 0.270. The van der Waals surface area contributed by atoms with Crippen LogP contribution in [0.3, 0.4) is 0 Å². The van der Waals surface area contributed by atoms with E-state index in [2.05, 4.69) is 35.2 Å². The van der Waals surface area contributed by atoms with Gasteiger partial charge in [-0.25, -0.2) is 0 Å². The van der Waals surface area contributed by atoms with Gasteiger partial charge < -0.3 is 9.64 Å². The highest BCUT2D eigenvalue weighted by atomic mass is 16.5. The summed E-state index contributed by atoms with van der Waals surface area (Å²) in [7, 11) is 1.69. The number of pyridine rings is 1. The average Bonchev–Trinajstić information content (AvgIpc) is 3.28. The molecule has 1 saturated heterocycles. The normalized spacial score (nSPS) is 20.3. The third-order valence-electron chi connectivity index (χ3n) is 6.20. The van der Waals surface area contributed by atoms with Gasteiger partial charge in [-0.3, -0.25) is 9.78 Å². The van der Waals surface area contributed by atoms with E-state index in [1.807, 2.05) is 12.1 Å². The van der Waals surface area contributed by atoms with Gasteiger partial charge >= 0.3 is 0 Å². The van der Waals surface area contributed by atoms with Crippen LogP contribution in [0.4, 0.5) is 0 Å². The van der Waals surface area contributed by atoms with Gasteiger partial charge in [0.2, 0.25) is 5.91 Å². The highest BCUT2D eigenvalue weighted by molar-refractivity contribution is 5.79. The molecule has 0 N–H and O–H groups in total. The number of carbonyl (C=O) groups excluding carboxylic acids is 1. The number of piperidine rings is 1. The van der Waals surface area contributed by atoms with Crippen molar-refractivity contribution in [2.45, 2.75) is 50.9 Å². The average molecular weight is 379 g/mol. The molecule has 28 heavy (non-hydrogen) atoms. The Morgan fingerprint density at radius 3 is 2.75 bits per heavy atom. The SMILES string of the molecule is COc1cccc(Cc2cccc([C@@H]3CCCN(C(=O)C4CCCC4)C3)n2)c1.